The van der Waals surface area contributed by atoms with Gasteiger partial charge in [-0.3, -0.25) is 4.90 Å². The Bertz CT molecular complexity index is 996. The summed E-state index contributed by atoms with van der Waals surface area (Å²) in [6, 6.07) is 12.8. The van der Waals surface area contributed by atoms with E-state index in [1.165, 1.54) is 33.3 Å². The third-order valence-electron chi connectivity index (χ3n) is 5.18. The molecule has 0 bridgehead atoms. The van der Waals surface area contributed by atoms with Gasteiger partial charge in [0.15, 0.2) is 0 Å². The van der Waals surface area contributed by atoms with E-state index in [9.17, 15) is 0 Å². The van der Waals surface area contributed by atoms with Crippen molar-refractivity contribution in [3.05, 3.63) is 83.3 Å². The van der Waals surface area contributed by atoms with Crippen molar-refractivity contribution in [1.29, 1.82) is 0 Å². The smallest absolute Gasteiger partial charge is 0.117 e. The van der Waals surface area contributed by atoms with Crippen LogP contribution in [0.4, 0.5) is 0 Å². The molecule has 0 aliphatic carbocycles. The summed E-state index contributed by atoms with van der Waals surface area (Å²) in [5.41, 5.74) is 6.40. The molecule has 0 radical (unpaired) electrons. The molecule has 1 aromatic carbocycles. The highest BCUT2D eigenvalue weighted by atomic mass is 16.3. The number of H-pyrrole nitrogens is 1. The lowest BCUT2D eigenvalue weighted by Crippen LogP contribution is -2.35. The second kappa shape index (κ2) is 5.67. The molecule has 1 unspecified atom stereocenters. The van der Waals surface area contributed by atoms with Gasteiger partial charge < -0.3 is 13.8 Å². The monoisotopic (exact) mass is 332 g/mol. The Labute approximate surface area is 146 Å². The van der Waals surface area contributed by atoms with Crippen LogP contribution in [-0.2, 0) is 13.0 Å². The van der Waals surface area contributed by atoms with Crippen LogP contribution in [0.3, 0.4) is 0 Å². The van der Waals surface area contributed by atoms with E-state index in [0.717, 1.165) is 25.3 Å². The molecule has 0 fully saturated rings. The fourth-order valence-electron chi connectivity index (χ4n) is 4.03. The van der Waals surface area contributed by atoms with Gasteiger partial charge in [-0.15, -0.1) is 0 Å². The Morgan fingerprint density at radius 3 is 2.96 bits per heavy atom. The lowest BCUT2D eigenvalue weighted by Gasteiger charge is -2.34. The van der Waals surface area contributed by atoms with Crippen LogP contribution in [0.5, 0.6) is 0 Å². The number of hydrogen-bond acceptors (Lipinski definition) is 3. The molecule has 1 aliphatic rings. The number of aromatic amines is 1. The van der Waals surface area contributed by atoms with Gasteiger partial charge in [0.25, 0.3) is 0 Å². The van der Waals surface area contributed by atoms with Crippen molar-refractivity contribution in [2.45, 2.75) is 25.9 Å². The molecule has 1 atom stereocenters. The molecular formula is C21H20N2O2. The standard InChI is InChI=1S/C21H20N2O2/c1-14-4-5-19-18(11-14)17-6-8-23(12-16-3-2-9-25-16)21(20(17)22-19)15-7-10-24-13-15/h2-5,7,9-11,13,21-22H,6,8,12H2,1H3. The number of nitrogens with zero attached hydrogens (tertiary/aromatic N) is 1. The molecule has 4 heterocycles. The largest absolute Gasteiger partial charge is 0.472 e. The number of furan rings is 2. The molecule has 4 heteroatoms. The quantitative estimate of drug-likeness (QED) is 0.585. The highest BCUT2D eigenvalue weighted by Crippen LogP contribution is 2.39. The normalized spacial score (nSPS) is 17.9. The van der Waals surface area contributed by atoms with Crippen molar-refractivity contribution in [3.63, 3.8) is 0 Å². The van der Waals surface area contributed by atoms with Gasteiger partial charge in [-0.25, -0.2) is 0 Å². The first-order valence-corrected chi connectivity index (χ1v) is 8.69. The molecule has 0 saturated heterocycles. The van der Waals surface area contributed by atoms with Gasteiger partial charge in [-0.1, -0.05) is 11.6 Å². The third kappa shape index (κ3) is 2.41. The van der Waals surface area contributed by atoms with Crippen LogP contribution in [0.2, 0.25) is 0 Å². The SMILES string of the molecule is Cc1ccc2[nH]c3c(c2c1)CCN(Cc1ccco1)C3c1ccoc1. The number of aryl methyl sites for hydroxylation is 1. The summed E-state index contributed by atoms with van der Waals surface area (Å²) in [6.07, 6.45) is 6.38. The minimum atomic E-state index is 0.153. The average Bonchev–Trinajstić information content (AvgIpc) is 3.35. The highest BCUT2D eigenvalue weighted by molar-refractivity contribution is 5.86. The van der Waals surface area contributed by atoms with Crippen LogP contribution >= 0.6 is 0 Å². The van der Waals surface area contributed by atoms with Crippen LogP contribution < -0.4 is 0 Å². The van der Waals surface area contributed by atoms with Crippen molar-refractivity contribution >= 4 is 10.9 Å². The first-order valence-electron chi connectivity index (χ1n) is 8.69. The van der Waals surface area contributed by atoms with Crippen LogP contribution in [0.15, 0.2) is 64.0 Å². The van der Waals surface area contributed by atoms with Crippen molar-refractivity contribution in [3.8, 4) is 0 Å². The molecule has 0 saturated carbocycles. The van der Waals surface area contributed by atoms with Gasteiger partial charge >= 0.3 is 0 Å². The topological polar surface area (TPSA) is 45.3 Å². The van der Waals surface area contributed by atoms with E-state index in [1.807, 2.05) is 18.4 Å². The summed E-state index contributed by atoms with van der Waals surface area (Å²) >= 11 is 0. The average molecular weight is 332 g/mol. The molecular weight excluding hydrogens is 312 g/mol. The van der Waals surface area contributed by atoms with Crippen molar-refractivity contribution < 1.29 is 8.83 Å². The molecule has 1 aliphatic heterocycles. The summed E-state index contributed by atoms with van der Waals surface area (Å²) in [5.74, 6) is 0.990. The number of hydrogen-bond donors (Lipinski definition) is 1. The Balaban J connectivity index is 1.64. The van der Waals surface area contributed by atoms with Crippen LogP contribution in [0.25, 0.3) is 10.9 Å². The summed E-state index contributed by atoms with van der Waals surface area (Å²) in [6.45, 7) is 3.93. The van der Waals surface area contributed by atoms with Crippen molar-refractivity contribution in [2.24, 2.45) is 0 Å². The second-order valence-corrected chi connectivity index (χ2v) is 6.83. The van der Waals surface area contributed by atoms with Gasteiger partial charge in [0.1, 0.15) is 5.76 Å². The fourth-order valence-corrected chi connectivity index (χ4v) is 4.03. The predicted octanol–water partition coefficient (Wildman–Crippen LogP) is 4.81. The maximum absolute atomic E-state index is 5.59. The van der Waals surface area contributed by atoms with E-state index in [1.54, 1.807) is 12.5 Å². The Morgan fingerprint density at radius 1 is 1.20 bits per heavy atom. The van der Waals surface area contributed by atoms with E-state index in [-0.39, 0.29) is 6.04 Å². The molecule has 4 nitrogen and oxygen atoms in total. The zero-order valence-electron chi connectivity index (χ0n) is 14.2. The number of aromatic nitrogens is 1. The van der Waals surface area contributed by atoms with E-state index in [4.69, 9.17) is 8.83 Å². The third-order valence-corrected chi connectivity index (χ3v) is 5.18. The predicted molar refractivity (Wildman–Crippen MR) is 96.4 cm³/mol. The Hall–Kier alpha value is -2.72. The van der Waals surface area contributed by atoms with Crippen LogP contribution in [0.1, 0.15) is 34.2 Å². The maximum atomic E-state index is 5.59. The second-order valence-electron chi connectivity index (χ2n) is 6.83. The zero-order valence-corrected chi connectivity index (χ0v) is 14.2. The minimum absolute atomic E-state index is 0.153. The number of benzene rings is 1. The fraction of sp³-hybridized carbons (Fsp3) is 0.238. The van der Waals surface area contributed by atoms with Gasteiger partial charge in [0.05, 0.1) is 31.4 Å². The van der Waals surface area contributed by atoms with E-state index < -0.39 is 0 Å². The highest BCUT2D eigenvalue weighted by Gasteiger charge is 2.32. The molecule has 4 aromatic rings. The first-order chi connectivity index (χ1) is 12.3. The maximum Gasteiger partial charge on any atom is 0.117 e. The zero-order chi connectivity index (χ0) is 16.8. The van der Waals surface area contributed by atoms with Gasteiger partial charge in [-0.05, 0) is 49.2 Å². The van der Waals surface area contributed by atoms with Crippen LogP contribution in [0, 0.1) is 6.92 Å². The molecule has 126 valence electrons. The van der Waals surface area contributed by atoms with E-state index in [0.29, 0.717) is 0 Å². The number of fused-ring (bicyclic) bond motifs is 3. The number of nitrogens with one attached hydrogen (secondary N) is 1. The molecule has 25 heavy (non-hydrogen) atoms. The van der Waals surface area contributed by atoms with Crippen molar-refractivity contribution in [1.82, 2.24) is 9.88 Å². The summed E-state index contributed by atoms with van der Waals surface area (Å²) in [7, 11) is 0. The van der Waals surface area contributed by atoms with Crippen LogP contribution in [-0.4, -0.2) is 16.4 Å². The minimum Gasteiger partial charge on any atom is -0.472 e. The van der Waals surface area contributed by atoms with Gasteiger partial charge in [0, 0.05) is 28.7 Å². The Kier molecular flexibility index (Phi) is 3.31. The summed E-state index contributed by atoms with van der Waals surface area (Å²) in [5, 5.41) is 1.35. The molecule has 0 amide bonds. The van der Waals surface area contributed by atoms with E-state index in [2.05, 4.69) is 41.1 Å². The van der Waals surface area contributed by atoms with Gasteiger partial charge in [0.2, 0.25) is 0 Å². The summed E-state index contributed by atoms with van der Waals surface area (Å²) < 4.78 is 11.0. The van der Waals surface area contributed by atoms with Crippen molar-refractivity contribution in [2.75, 3.05) is 6.54 Å². The lowest BCUT2D eigenvalue weighted by atomic mass is 9.93. The molecule has 5 rings (SSSR count). The summed E-state index contributed by atoms with van der Waals surface area (Å²) in [4.78, 5) is 6.13. The Morgan fingerprint density at radius 2 is 2.16 bits per heavy atom. The molecule has 1 N–H and O–H groups in total. The molecule has 0 spiro atoms. The molecule has 3 aromatic heterocycles. The first kappa shape index (κ1) is 14.6. The number of rotatable bonds is 3. The lowest BCUT2D eigenvalue weighted by molar-refractivity contribution is 0.186. The van der Waals surface area contributed by atoms with Gasteiger partial charge in [-0.2, -0.15) is 0 Å². The van der Waals surface area contributed by atoms with E-state index >= 15 is 0 Å².